The highest BCUT2D eigenvalue weighted by Gasteiger charge is 2.22. The van der Waals surface area contributed by atoms with Gasteiger partial charge in [0.1, 0.15) is 4.90 Å². The lowest BCUT2D eigenvalue weighted by molar-refractivity contribution is 0.581. The van der Waals surface area contributed by atoms with Crippen molar-refractivity contribution in [1.29, 1.82) is 0 Å². The van der Waals surface area contributed by atoms with E-state index in [2.05, 4.69) is 20.7 Å². The number of sulfonamides is 1. The van der Waals surface area contributed by atoms with Gasteiger partial charge in [-0.15, -0.1) is 0 Å². The second-order valence-corrected chi connectivity index (χ2v) is 8.31. The Hall–Kier alpha value is 0.540. The van der Waals surface area contributed by atoms with E-state index in [1.165, 1.54) is 12.1 Å². The van der Waals surface area contributed by atoms with Crippen molar-refractivity contribution >= 4 is 60.9 Å². The van der Waals surface area contributed by atoms with Gasteiger partial charge < -0.3 is 0 Å². The SMILES string of the molecule is CSC(C)CNS(=O)(=O)c1c(Cl)cc(Br)cc1Cl. The van der Waals surface area contributed by atoms with E-state index in [0.29, 0.717) is 11.0 Å². The normalized spacial score (nSPS) is 13.6. The number of thioether (sulfide) groups is 1. The van der Waals surface area contributed by atoms with Gasteiger partial charge >= 0.3 is 0 Å². The Morgan fingerprint density at radius 3 is 2.33 bits per heavy atom. The smallest absolute Gasteiger partial charge is 0.210 e. The molecule has 3 nitrogen and oxygen atoms in total. The van der Waals surface area contributed by atoms with Gasteiger partial charge in [0, 0.05) is 16.3 Å². The molecule has 0 saturated heterocycles. The zero-order valence-corrected chi connectivity index (χ0v) is 14.4. The van der Waals surface area contributed by atoms with Gasteiger partial charge in [-0.3, -0.25) is 0 Å². The molecule has 0 aliphatic carbocycles. The van der Waals surface area contributed by atoms with E-state index < -0.39 is 10.0 Å². The molecule has 0 spiro atoms. The molecule has 0 saturated carbocycles. The fourth-order valence-electron chi connectivity index (χ4n) is 1.17. The molecule has 0 aliphatic heterocycles. The van der Waals surface area contributed by atoms with Crippen LogP contribution in [0, 0.1) is 0 Å². The van der Waals surface area contributed by atoms with E-state index in [0.717, 1.165) is 0 Å². The van der Waals surface area contributed by atoms with Crippen LogP contribution in [0.5, 0.6) is 0 Å². The van der Waals surface area contributed by atoms with Gasteiger partial charge in [0.15, 0.2) is 0 Å². The van der Waals surface area contributed by atoms with Crippen LogP contribution in [-0.2, 0) is 10.0 Å². The third-order valence-corrected chi connectivity index (χ3v) is 5.97. The summed E-state index contributed by atoms with van der Waals surface area (Å²) in [5.41, 5.74) is 0. The Kier molecular flexibility index (Phi) is 6.28. The van der Waals surface area contributed by atoms with E-state index >= 15 is 0 Å². The Balaban J connectivity index is 3.06. The average molecular weight is 393 g/mol. The van der Waals surface area contributed by atoms with Gasteiger partial charge in [-0.1, -0.05) is 46.1 Å². The maximum Gasteiger partial charge on any atom is 0.243 e. The summed E-state index contributed by atoms with van der Waals surface area (Å²) < 4.78 is 27.3. The minimum absolute atomic E-state index is 0.0812. The van der Waals surface area contributed by atoms with E-state index in [-0.39, 0.29) is 20.2 Å². The van der Waals surface area contributed by atoms with Crippen LogP contribution in [0.2, 0.25) is 10.0 Å². The van der Waals surface area contributed by atoms with Gasteiger partial charge in [0.2, 0.25) is 10.0 Å². The number of benzene rings is 1. The Morgan fingerprint density at radius 1 is 1.39 bits per heavy atom. The predicted molar refractivity (Wildman–Crippen MR) is 82.3 cm³/mol. The van der Waals surface area contributed by atoms with Crippen LogP contribution >= 0.6 is 50.9 Å². The highest BCUT2D eigenvalue weighted by molar-refractivity contribution is 9.10. The maximum absolute atomic E-state index is 12.1. The summed E-state index contributed by atoms with van der Waals surface area (Å²) in [5, 5.41) is 0.366. The summed E-state index contributed by atoms with van der Waals surface area (Å²) in [7, 11) is -3.69. The lowest BCUT2D eigenvalue weighted by Crippen LogP contribution is -2.29. The highest BCUT2D eigenvalue weighted by atomic mass is 79.9. The molecule has 0 radical (unpaired) electrons. The molecule has 102 valence electrons. The Labute approximate surface area is 130 Å². The predicted octanol–water partition coefficient (Wildman–Crippen LogP) is 3.79. The van der Waals surface area contributed by atoms with Crippen molar-refractivity contribution in [2.75, 3.05) is 12.8 Å². The largest absolute Gasteiger partial charge is 0.243 e. The summed E-state index contributed by atoms with van der Waals surface area (Å²) in [6.45, 7) is 2.25. The topological polar surface area (TPSA) is 46.2 Å². The van der Waals surface area contributed by atoms with Crippen LogP contribution in [0.4, 0.5) is 0 Å². The number of hydrogen-bond acceptors (Lipinski definition) is 3. The lowest BCUT2D eigenvalue weighted by atomic mass is 10.4. The van der Waals surface area contributed by atoms with Gasteiger partial charge in [-0.25, -0.2) is 13.1 Å². The average Bonchev–Trinajstić information content (AvgIpc) is 2.24. The molecule has 1 unspecified atom stereocenters. The number of halogens is 3. The fraction of sp³-hybridized carbons (Fsp3) is 0.400. The van der Waals surface area contributed by atoms with Crippen molar-refractivity contribution in [1.82, 2.24) is 4.72 Å². The third kappa shape index (κ3) is 4.28. The summed E-state index contributed by atoms with van der Waals surface area (Å²) in [5.74, 6) is 0. The molecular formula is C10H12BrCl2NO2S2. The second-order valence-electron chi connectivity index (χ2n) is 3.60. The van der Waals surface area contributed by atoms with E-state index in [9.17, 15) is 8.42 Å². The Bertz CT molecular complexity index is 514. The summed E-state index contributed by atoms with van der Waals surface area (Å²) in [4.78, 5) is -0.0812. The molecule has 0 amide bonds. The maximum atomic E-state index is 12.1. The van der Waals surface area contributed by atoms with Gasteiger partial charge in [0.25, 0.3) is 0 Å². The molecule has 1 N–H and O–H groups in total. The van der Waals surface area contributed by atoms with E-state index in [1.54, 1.807) is 11.8 Å². The zero-order chi connectivity index (χ0) is 13.9. The highest BCUT2D eigenvalue weighted by Crippen LogP contribution is 2.32. The summed E-state index contributed by atoms with van der Waals surface area (Å²) in [6, 6.07) is 3.00. The first-order valence-corrected chi connectivity index (χ1v) is 9.27. The first-order chi connectivity index (χ1) is 8.27. The molecule has 18 heavy (non-hydrogen) atoms. The van der Waals surface area contributed by atoms with Crippen molar-refractivity contribution in [2.45, 2.75) is 17.1 Å². The standard InChI is InChI=1S/C10H12BrCl2NO2S2/c1-6(17-2)5-14-18(15,16)10-8(12)3-7(11)4-9(10)13/h3-4,6,14H,5H2,1-2H3. The van der Waals surface area contributed by atoms with Crippen molar-refractivity contribution < 1.29 is 8.42 Å². The molecule has 0 aliphatic rings. The molecule has 1 aromatic carbocycles. The number of nitrogens with one attached hydrogen (secondary N) is 1. The molecule has 1 aromatic rings. The Morgan fingerprint density at radius 2 is 1.89 bits per heavy atom. The second kappa shape index (κ2) is 6.81. The molecule has 0 heterocycles. The van der Waals surface area contributed by atoms with Crippen LogP contribution in [0.3, 0.4) is 0 Å². The van der Waals surface area contributed by atoms with Gasteiger partial charge in [-0.2, -0.15) is 11.8 Å². The molecule has 0 fully saturated rings. The molecule has 8 heteroatoms. The molecule has 0 aromatic heterocycles. The summed E-state index contributed by atoms with van der Waals surface area (Å²) in [6.07, 6.45) is 1.92. The number of hydrogen-bond donors (Lipinski definition) is 1. The van der Waals surface area contributed by atoms with Crippen LogP contribution in [-0.4, -0.2) is 26.5 Å². The first-order valence-electron chi connectivity index (χ1n) is 4.95. The van der Waals surface area contributed by atoms with Crippen molar-refractivity contribution in [3.8, 4) is 0 Å². The first kappa shape index (κ1) is 16.6. The lowest BCUT2D eigenvalue weighted by Gasteiger charge is -2.13. The quantitative estimate of drug-likeness (QED) is 0.829. The summed E-state index contributed by atoms with van der Waals surface area (Å²) >= 11 is 16.6. The van der Waals surface area contributed by atoms with Crippen LogP contribution in [0.1, 0.15) is 6.92 Å². The molecule has 0 bridgehead atoms. The van der Waals surface area contributed by atoms with Crippen molar-refractivity contribution in [2.24, 2.45) is 0 Å². The van der Waals surface area contributed by atoms with E-state index in [1.807, 2.05) is 13.2 Å². The third-order valence-electron chi connectivity index (χ3n) is 2.19. The van der Waals surface area contributed by atoms with Crippen LogP contribution < -0.4 is 4.72 Å². The molecule has 1 rings (SSSR count). The fourth-order valence-corrected chi connectivity index (χ4v) is 4.59. The zero-order valence-electron chi connectivity index (χ0n) is 9.71. The monoisotopic (exact) mass is 391 g/mol. The van der Waals surface area contributed by atoms with Crippen LogP contribution in [0.25, 0.3) is 0 Å². The van der Waals surface area contributed by atoms with E-state index in [4.69, 9.17) is 23.2 Å². The van der Waals surface area contributed by atoms with Gasteiger partial charge in [0.05, 0.1) is 10.0 Å². The van der Waals surface area contributed by atoms with Crippen molar-refractivity contribution in [3.63, 3.8) is 0 Å². The van der Waals surface area contributed by atoms with Gasteiger partial charge in [-0.05, 0) is 18.4 Å². The molecule has 1 atom stereocenters. The van der Waals surface area contributed by atoms with Crippen LogP contribution in [0.15, 0.2) is 21.5 Å². The molecular weight excluding hydrogens is 381 g/mol. The minimum atomic E-state index is -3.69. The van der Waals surface area contributed by atoms with Crippen molar-refractivity contribution in [3.05, 3.63) is 26.7 Å². The minimum Gasteiger partial charge on any atom is -0.210 e. The number of rotatable bonds is 5.